The van der Waals surface area contributed by atoms with Gasteiger partial charge in [0.15, 0.2) is 0 Å². The summed E-state index contributed by atoms with van der Waals surface area (Å²) in [5, 5.41) is 28.5. The molecule has 0 aliphatic carbocycles. The van der Waals surface area contributed by atoms with Crippen LogP contribution in [0.3, 0.4) is 0 Å². The number of piperidine rings is 1. The third-order valence-electron chi connectivity index (χ3n) is 6.80. The Bertz CT molecular complexity index is 1360. The molecule has 2 fully saturated rings. The van der Waals surface area contributed by atoms with E-state index in [2.05, 4.69) is 38.9 Å². The highest BCUT2D eigenvalue weighted by atomic mass is 19.4. The Morgan fingerprint density at radius 3 is 1.41 bits per heavy atom. The summed E-state index contributed by atoms with van der Waals surface area (Å²) in [5.74, 6) is -10.4. The summed E-state index contributed by atoms with van der Waals surface area (Å²) < 4.78 is 133. The fraction of sp³-hybridized carbons (Fsp3) is 0.517. The number of ether oxygens (including phenoxy) is 1. The summed E-state index contributed by atoms with van der Waals surface area (Å²) >= 11 is 0. The highest BCUT2D eigenvalue weighted by Crippen LogP contribution is 2.38. The van der Waals surface area contributed by atoms with Crippen molar-refractivity contribution in [3.05, 3.63) is 60.2 Å². The van der Waals surface area contributed by atoms with E-state index < -0.39 is 48.6 Å². The number of carbonyl (C=O) groups is 4. The maximum Gasteiger partial charge on any atom is 0.490 e. The number of hydrogen-bond donors (Lipinski definition) is 4. The maximum atomic E-state index is 10.6. The van der Waals surface area contributed by atoms with Crippen molar-refractivity contribution < 1.29 is 97.0 Å². The summed E-state index contributed by atoms with van der Waals surface area (Å²) in [4.78, 5) is 49.4. The van der Waals surface area contributed by atoms with Gasteiger partial charge in [-0.2, -0.15) is 52.7 Å². The predicted octanol–water partition coefficient (Wildman–Crippen LogP) is 5.12. The summed E-state index contributed by atoms with van der Waals surface area (Å²) in [6, 6.07) is 12.1. The largest absolute Gasteiger partial charge is 0.490 e. The average Bonchev–Trinajstić information content (AvgIpc) is 3.02. The minimum absolute atomic E-state index is 0.325. The third kappa shape index (κ3) is 19.9. The van der Waals surface area contributed by atoms with E-state index in [4.69, 9.17) is 44.3 Å². The molecule has 2 aromatic rings. The number of alkyl halides is 12. The summed E-state index contributed by atoms with van der Waals surface area (Å²) in [7, 11) is 2.28. The van der Waals surface area contributed by atoms with E-state index in [0.29, 0.717) is 18.1 Å². The molecular weight excluding hydrogens is 776 g/mol. The Hall–Kier alpha value is -4.78. The van der Waals surface area contributed by atoms with Gasteiger partial charge in [-0.25, -0.2) is 19.2 Å². The molecule has 306 valence electrons. The third-order valence-corrected chi connectivity index (χ3v) is 6.80. The number of halogens is 12. The van der Waals surface area contributed by atoms with Gasteiger partial charge in [-0.3, -0.25) is 19.8 Å². The van der Waals surface area contributed by atoms with Crippen LogP contribution < -0.4 is 0 Å². The first-order chi connectivity index (χ1) is 24.5. The Morgan fingerprint density at radius 2 is 1.07 bits per heavy atom. The Balaban J connectivity index is 0.000000820. The fourth-order valence-corrected chi connectivity index (χ4v) is 4.35. The number of likely N-dealkylation sites (tertiary alicyclic amines) is 2. The zero-order chi connectivity index (χ0) is 42.1. The predicted molar refractivity (Wildman–Crippen MR) is 156 cm³/mol. The molecule has 2 aromatic heterocycles. The lowest BCUT2D eigenvalue weighted by molar-refractivity contribution is -0.193. The van der Waals surface area contributed by atoms with Crippen molar-refractivity contribution in [1.29, 1.82) is 0 Å². The van der Waals surface area contributed by atoms with Crippen molar-refractivity contribution in [2.75, 3.05) is 33.3 Å². The first-order valence-electron chi connectivity index (χ1n) is 14.5. The molecular formula is C29H32F12N4O9. The van der Waals surface area contributed by atoms with Gasteiger partial charge < -0.3 is 25.2 Å². The zero-order valence-electron chi connectivity index (χ0n) is 27.5. The fourth-order valence-electron chi connectivity index (χ4n) is 4.35. The number of carboxylic acids is 4. The molecule has 0 saturated carbocycles. The smallest absolute Gasteiger partial charge is 0.475 e. The van der Waals surface area contributed by atoms with E-state index in [1.165, 1.54) is 12.8 Å². The molecule has 1 unspecified atom stereocenters. The number of aromatic nitrogens is 2. The Morgan fingerprint density at radius 1 is 0.704 bits per heavy atom. The maximum absolute atomic E-state index is 10.6. The molecule has 0 bridgehead atoms. The summed E-state index contributed by atoms with van der Waals surface area (Å²) in [6.45, 7) is 5.85. The van der Waals surface area contributed by atoms with Crippen molar-refractivity contribution >= 4 is 23.9 Å². The molecule has 0 radical (unpaired) electrons. The van der Waals surface area contributed by atoms with Gasteiger partial charge in [0.25, 0.3) is 0 Å². The van der Waals surface area contributed by atoms with Gasteiger partial charge in [0, 0.05) is 37.6 Å². The minimum Gasteiger partial charge on any atom is -0.475 e. The van der Waals surface area contributed by atoms with Crippen LogP contribution in [0.2, 0.25) is 0 Å². The number of nitrogens with zero attached hydrogens (tertiary/aromatic N) is 4. The van der Waals surface area contributed by atoms with Gasteiger partial charge in [0.05, 0.1) is 24.6 Å². The molecule has 13 nitrogen and oxygen atoms in total. The van der Waals surface area contributed by atoms with Crippen LogP contribution in [0.15, 0.2) is 48.8 Å². The summed E-state index contributed by atoms with van der Waals surface area (Å²) in [5.41, 5.74) is 2.50. The molecule has 25 heteroatoms. The first-order valence-corrected chi connectivity index (χ1v) is 14.5. The molecule has 54 heavy (non-hydrogen) atoms. The molecule has 0 aromatic carbocycles. The first kappa shape index (κ1) is 49.2. The molecule has 2 aliphatic heterocycles. The molecule has 1 atom stereocenters. The monoisotopic (exact) mass is 808 g/mol. The van der Waals surface area contributed by atoms with Gasteiger partial charge in [-0.05, 0) is 56.6 Å². The molecule has 2 aliphatic rings. The molecule has 4 heterocycles. The molecule has 2 saturated heterocycles. The lowest BCUT2D eigenvalue weighted by Crippen LogP contribution is -2.71. The van der Waals surface area contributed by atoms with Gasteiger partial charge >= 0.3 is 48.6 Å². The van der Waals surface area contributed by atoms with E-state index in [1.807, 2.05) is 36.7 Å². The van der Waals surface area contributed by atoms with E-state index >= 15 is 0 Å². The van der Waals surface area contributed by atoms with E-state index in [0.717, 1.165) is 44.2 Å². The number of likely N-dealkylation sites (N-methyl/N-ethyl adjacent to an activating group) is 1. The number of carboxylic acid groups (broad SMARTS) is 4. The zero-order valence-corrected chi connectivity index (χ0v) is 27.5. The summed E-state index contributed by atoms with van der Waals surface area (Å²) in [6.07, 6.45) is -14.2. The minimum atomic E-state index is -5.08. The van der Waals surface area contributed by atoms with Crippen LogP contribution >= 0.6 is 0 Å². The molecule has 4 rings (SSSR count). The van der Waals surface area contributed by atoms with Crippen molar-refractivity contribution in [3.8, 4) is 0 Å². The van der Waals surface area contributed by atoms with Gasteiger partial charge in [0.2, 0.25) is 0 Å². The van der Waals surface area contributed by atoms with E-state index in [-0.39, 0.29) is 0 Å². The Labute approximate surface area is 296 Å². The Kier molecular flexibility index (Phi) is 19.3. The van der Waals surface area contributed by atoms with Crippen LogP contribution in [0.1, 0.15) is 24.2 Å². The number of hydrogen-bond acceptors (Lipinski definition) is 9. The number of pyridine rings is 2. The molecule has 0 amide bonds. The van der Waals surface area contributed by atoms with Crippen LogP contribution in [-0.4, -0.2) is 128 Å². The quantitative estimate of drug-likeness (QED) is 0.282. The number of aliphatic carboxylic acids is 4. The van der Waals surface area contributed by atoms with Crippen molar-refractivity contribution in [1.82, 2.24) is 19.8 Å². The van der Waals surface area contributed by atoms with Gasteiger partial charge in [-0.15, -0.1) is 0 Å². The van der Waals surface area contributed by atoms with Crippen LogP contribution in [0.5, 0.6) is 0 Å². The van der Waals surface area contributed by atoms with Crippen LogP contribution in [-0.2, 0) is 37.1 Å². The standard InChI is InChI=1S/C21H28N4O.4C2HF3O2/c1-24-11-8-18(14-26-15-20-7-3-5-10-23-20)12-21(24)16-25(17-21)13-19-6-2-4-9-22-19;4*3-2(4,5)1(6)7/h2-7,9-10,18H,8,11-17H2,1H3;4*(H,6,7). The second-order valence-electron chi connectivity index (χ2n) is 11.0. The van der Waals surface area contributed by atoms with Crippen molar-refractivity contribution in [2.45, 2.75) is 56.2 Å². The van der Waals surface area contributed by atoms with E-state index in [9.17, 15) is 52.7 Å². The van der Waals surface area contributed by atoms with Crippen LogP contribution in [0, 0.1) is 5.92 Å². The molecule has 1 spiro atoms. The lowest BCUT2D eigenvalue weighted by atomic mass is 9.75. The SMILES string of the molecule is CN1CCC(COCc2ccccn2)CC12CN(Cc1ccccn1)C2.O=C(O)C(F)(F)F.O=C(O)C(F)(F)F.O=C(O)C(F)(F)F.O=C(O)C(F)(F)F. The van der Waals surface area contributed by atoms with Gasteiger partial charge in [-0.1, -0.05) is 12.1 Å². The van der Waals surface area contributed by atoms with Crippen LogP contribution in [0.4, 0.5) is 52.7 Å². The van der Waals surface area contributed by atoms with Crippen LogP contribution in [0.25, 0.3) is 0 Å². The van der Waals surface area contributed by atoms with Gasteiger partial charge in [0.1, 0.15) is 0 Å². The van der Waals surface area contributed by atoms with Crippen molar-refractivity contribution in [2.24, 2.45) is 5.92 Å². The normalized spacial score (nSPS) is 16.9. The highest BCUT2D eigenvalue weighted by Gasteiger charge is 2.49. The second kappa shape index (κ2) is 21.2. The highest BCUT2D eigenvalue weighted by molar-refractivity contribution is 5.74. The van der Waals surface area contributed by atoms with Crippen molar-refractivity contribution in [3.63, 3.8) is 0 Å². The topological polar surface area (TPSA) is 191 Å². The second-order valence-corrected chi connectivity index (χ2v) is 11.0. The average molecular weight is 809 g/mol. The van der Waals surface area contributed by atoms with E-state index in [1.54, 1.807) is 0 Å². The number of rotatable bonds is 6. The molecule has 4 N–H and O–H groups in total. The lowest BCUT2D eigenvalue weighted by Gasteiger charge is -2.58.